The van der Waals surface area contributed by atoms with Gasteiger partial charge in [0.1, 0.15) is 28.8 Å². The smallest absolute Gasteiger partial charge is 0.336 e. The number of rotatable bonds is 4. The third kappa shape index (κ3) is 3.94. The van der Waals surface area contributed by atoms with Crippen molar-refractivity contribution in [2.24, 2.45) is 0 Å². The van der Waals surface area contributed by atoms with Gasteiger partial charge in [-0.3, -0.25) is 0 Å². The SMILES string of the molecule is COc1ccccc1/C=C/C(=O)OC1Cc2cc3ccc(=O)oc3cc2OC1(C)C. The van der Waals surface area contributed by atoms with Gasteiger partial charge in [-0.15, -0.1) is 0 Å². The summed E-state index contributed by atoms with van der Waals surface area (Å²) in [6.45, 7) is 3.73. The van der Waals surface area contributed by atoms with Crippen LogP contribution in [0.4, 0.5) is 0 Å². The summed E-state index contributed by atoms with van der Waals surface area (Å²) in [6.07, 6.45) is 3.07. The number of carbonyl (C=O) groups is 1. The Hall–Kier alpha value is -3.54. The van der Waals surface area contributed by atoms with Crippen molar-refractivity contribution in [1.29, 1.82) is 0 Å². The zero-order valence-corrected chi connectivity index (χ0v) is 17.0. The summed E-state index contributed by atoms with van der Waals surface area (Å²) in [7, 11) is 1.58. The van der Waals surface area contributed by atoms with Crippen LogP contribution in [0.3, 0.4) is 0 Å². The highest BCUT2D eigenvalue weighted by Crippen LogP contribution is 2.37. The lowest BCUT2D eigenvalue weighted by Crippen LogP contribution is -2.48. The molecule has 6 heteroatoms. The number of esters is 1. The van der Waals surface area contributed by atoms with Crippen molar-refractivity contribution in [2.75, 3.05) is 7.11 Å². The largest absolute Gasteiger partial charge is 0.496 e. The van der Waals surface area contributed by atoms with Crippen LogP contribution in [0.2, 0.25) is 0 Å². The monoisotopic (exact) mass is 406 g/mol. The van der Waals surface area contributed by atoms with Gasteiger partial charge in [0.25, 0.3) is 0 Å². The van der Waals surface area contributed by atoms with E-state index in [2.05, 4.69) is 0 Å². The Kier molecular flexibility index (Phi) is 5.08. The molecule has 2 heterocycles. The first-order chi connectivity index (χ1) is 14.4. The molecule has 1 aliphatic rings. The van der Waals surface area contributed by atoms with Gasteiger partial charge in [0.05, 0.1) is 7.11 Å². The lowest BCUT2D eigenvalue weighted by molar-refractivity contribution is -0.155. The van der Waals surface area contributed by atoms with E-state index in [4.69, 9.17) is 18.6 Å². The second-order valence-corrected chi connectivity index (χ2v) is 7.66. The Labute approximate surface area is 173 Å². The van der Waals surface area contributed by atoms with Crippen LogP contribution in [0.25, 0.3) is 17.0 Å². The maximum absolute atomic E-state index is 12.5. The van der Waals surface area contributed by atoms with Crippen LogP contribution in [0.1, 0.15) is 25.0 Å². The fraction of sp³-hybridized carbons (Fsp3) is 0.250. The molecule has 1 atom stereocenters. The Bertz CT molecular complexity index is 1190. The topological polar surface area (TPSA) is 75.0 Å². The van der Waals surface area contributed by atoms with E-state index in [-0.39, 0.29) is 0 Å². The van der Waals surface area contributed by atoms with Crippen molar-refractivity contribution in [3.8, 4) is 11.5 Å². The zero-order valence-electron chi connectivity index (χ0n) is 17.0. The van der Waals surface area contributed by atoms with Crippen LogP contribution in [0, 0.1) is 0 Å². The van der Waals surface area contributed by atoms with Crippen LogP contribution in [0.15, 0.2) is 63.8 Å². The number of benzene rings is 2. The van der Waals surface area contributed by atoms with Crippen LogP contribution in [0.5, 0.6) is 11.5 Å². The molecule has 0 radical (unpaired) electrons. The van der Waals surface area contributed by atoms with Gasteiger partial charge in [-0.05, 0) is 43.7 Å². The van der Waals surface area contributed by atoms with E-state index < -0.39 is 23.3 Å². The Morgan fingerprint density at radius 1 is 1.17 bits per heavy atom. The predicted molar refractivity (Wildman–Crippen MR) is 113 cm³/mol. The first kappa shape index (κ1) is 19.8. The minimum atomic E-state index is -0.746. The summed E-state index contributed by atoms with van der Waals surface area (Å²) >= 11 is 0. The maximum atomic E-state index is 12.5. The van der Waals surface area contributed by atoms with Gasteiger partial charge in [0.15, 0.2) is 0 Å². The number of para-hydroxylation sites is 1. The highest BCUT2D eigenvalue weighted by molar-refractivity contribution is 5.88. The predicted octanol–water partition coefficient (Wildman–Crippen LogP) is 4.14. The number of fused-ring (bicyclic) bond motifs is 2. The third-order valence-corrected chi connectivity index (χ3v) is 5.15. The van der Waals surface area contributed by atoms with E-state index in [1.54, 1.807) is 25.3 Å². The quantitative estimate of drug-likeness (QED) is 0.368. The highest BCUT2D eigenvalue weighted by atomic mass is 16.6. The lowest BCUT2D eigenvalue weighted by Gasteiger charge is -2.39. The summed E-state index contributed by atoms with van der Waals surface area (Å²) in [4.78, 5) is 24.0. The van der Waals surface area contributed by atoms with Gasteiger partial charge >= 0.3 is 11.6 Å². The summed E-state index contributed by atoms with van der Waals surface area (Å²) < 4.78 is 22.4. The van der Waals surface area contributed by atoms with Crippen LogP contribution in [-0.4, -0.2) is 24.8 Å². The van der Waals surface area contributed by atoms with Crippen LogP contribution < -0.4 is 15.1 Å². The van der Waals surface area contributed by atoms with E-state index in [0.29, 0.717) is 23.5 Å². The minimum absolute atomic E-state index is 0.411. The van der Waals surface area contributed by atoms with Gasteiger partial charge in [0.2, 0.25) is 0 Å². The number of hydrogen-bond donors (Lipinski definition) is 0. The molecule has 1 aliphatic heterocycles. The van der Waals surface area contributed by atoms with Crippen LogP contribution in [-0.2, 0) is 16.0 Å². The summed E-state index contributed by atoms with van der Waals surface area (Å²) in [6, 6.07) is 14.1. The Balaban J connectivity index is 1.55. The maximum Gasteiger partial charge on any atom is 0.336 e. The van der Waals surface area contributed by atoms with E-state index >= 15 is 0 Å². The van der Waals surface area contributed by atoms with E-state index in [1.807, 2.05) is 44.2 Å². The average Bonchev–Trinajstić information content (AvgIpc) is 2.71. The molecule has 6 nitrogen and oxygen atoms in total. The second kappa shape index (κ2) is 7.71. The van der Waals surface area contributed by atoms with Gasteiger partial charge in [-0.1, -0.05) is 18.2 Å². The summed E-state index contributed by atoms with van der Waals surface area (Å²) in [5.41, 5.74) is 0.985. The van der Waals surface area contributed by atoms with Crippen molar-refractivity contribution in [3.63, 3.8) is 0 Å². The molecule has 0 fully saturated rings. The molecular formula is C24H22O6. The number of ether oxygens (including phenoxy) is 3. The lowest BCUT2D eigenvalue weighted by atomic mass is 9.90. The van der Waals surface area contributed by atoms with Crippen molar-refractivity contribution in [2.45, 2.75) is 32.0 Å². The van der Waals surface area contributed by atoms with Crippen LogP contribution >= 0.6 is 0 Å². The highest BCUT2D eigenvalue weighted by Gasteiger charge is 2.39. The molecule has 0 spiro atoms. The first-order valence-electron chi connectivity index (χ1n) is 9.63. The second-order valence-electron chi connectivity index (χ2n) is 7.66. The van der Waals surface area contributed by atoms with Gasteiger partial charge in [0, 0.05) is 35.6 Å². The molecule has 3 aromatic rings. The molecule has 154 valence electrons. The molecule has 1 aromatic heterocycles. The molecule has 0 saturated heterocycles. The fourth-order valence-corrected chi connectivity index (χ4v) is 3.52. The van der Waals surface area contributed by atoms with Crippen molar-refractivity contribution in [3.05, 3.63) is 76.2 Å². The number of methoxy groups -OCH3 is 1. The molecule has 30 heavy (non-hydrogen) atoms. The van der Waals surface area contributed by atoms with Crippen molar-refractivity contribution >= 4 is 23.0 Å². The zero-order chi connectivity index (χ0) is 21.3. The first-order valence-corrected chi connectivity index (χ1v) is 9.63. The fourth-order valence-electron chi connectivity index (χ4n) is 3.52. The molecule has 0 amide bonds. The molecular weight excluding hydrogens is 384 g/mol. The number of hydrogen-bond acceptors (Lipinski definition) is 6. The normalized spacial score (nSPS) is 17.4. The minimum Gasteiger partial charge on any atom is -0.496 e. The van der Waals surface area contributed by atoms with Gasteiger partial charge < -0.3 is 18.6 Å². The summed E-state index contributed by atoms with van der Waals surface area (Å²) in [5, 5.41) is 0.790. The molecule has 0 saturated carbocycles. The third-order valence-electron chi connectivity index (χ3n) is 5.15. The number of carbonyl (C=O) groups excluding carboxylic acids is 1. The van der Waals surface area contributed by atoms with Gasteiger partial charge in [-0.2, -0.15) is 0 Å². The average molecular weight is 406 g/mol. The van der Waals surface area contributed by atoms with E-state index in [1.165, 1.54) is 12.1 Å². The Morgan fingerprint density at radius 3 is 2.77 bits per heavy atom. The van der Waals surface area contributed by atoms with E-state index in [9.17, 15) is 9.59 Å². The van der Waals surface area contributed by atoms with Gasteiger partial charge in [-0.25, -0.2) is 9.59 Å². The molecule has 0 bridgehead atoms. The molecule has 2 aromatic carbocycles. The standard InChI is InChI=1S/C24H22O6/c1-24(2)21(29-23(26)10-8-15-6-4-5-7-18(15)27-3)13-17-12-16-9-11-22(25)28-19(16)14-20(17)30-24/h4-12,14,21H,13H2,1-3H3/b10-8+. The summed E-state index contributed by atoms with van der Waals surface area (Å²) in [5.74, 6) is 0.840. The van der Waals surface area contributed by atoms with Crippen molar-refractivity contribution in [1.82, 2.24) is 0 Å². The molecule has 0 aliphatic carbocycles. The molecule has 1 unspecified atom stereocenters. The van der Waals surface area contributed by atoms with Crippen molar-refractivity contribution < 1.29 is 23.4 Å². The molecule has 4 rings (SSSR count). The molecule has 0 N–H and O–H groups in total. The van der Waals surface area contributed by atoms with E-state index in [0.717, 1.165) is 16.5 Å². The Morgan fingerprint density at radius 2 is 1.97 bits per heavy atom.